The molecule has 1 aliphatic carbocycles. The van der Waals surface area contributed by atoms with Crippen LogP contribution in [0.15, 0.2) is 24.4 Å². The summed E-state index contributed by atoms with van der Waals surface area (Å²) in [5, 5.41) is 0. The minimum absolute atomic E-state index is 0.0698. The highest BCUT2D eigenvalue weighted by Crippen LogP contribution is 2.49. The summed E-state index contributed by atoms with van der Waals surface area (Å²) in [5.41, 5.74) is -1.53. The quantitative estimate of drug-likeness (QED) is 0.857. The average Bonchev–Trinajstić information content (AvgIpc) is 3.06. The molecular formula is C15H17FN2O2S. The minimum Gasteiger partial charge on any atom is -0.473 e. The van der Waals surface area contributed by atoms with E-state index in [0.29, 0.717) is 31.8 Å². The number of hydrogen-bond acceptors (Lipinski definition) is 4. The molecule has 6 heteroatoms. The average molecular weight is 308 g/mol. The summed E-state index contributed by atoms with van der Waals surface area (Å²) in [5.74, 6) is 1.25. The normalized spacial score (nSPS) is 28.2. The molecule has 3 heterocycles. The highest BCUT2D eigenvalue weighted by Gasteiger charge is 2.59. The van der Waals surface area contributed by atoms with Crippen molar-refractivity contribution >= 4 is 17.7 Å². The van der Waals surface area contributed by atoms with E-state index in [1.807, 2.05) is 30.0 Å². The molecule has 1 saturated carbocycles. The molecule has 1 aromatic heterocycles. The highest BCUT2D eigenvalue weighted by atomic mass is 32.2. The SMILES string of the molecule is O=C(N1CC2(C[C@H](Oc3ccccn3)CS2)C1)C1(F)CC1. The molecule has 2 saturated heterocycles. The van der Waals surface area contributed by atoms with Gasteiger partial charge in [-0.1, -0.05) is 6.07 Å². The van der Waals surface area contributed by atoms with Gasteiger partial charge in [0.2, 0.25) is 5.88 Å². The molecule has 1 amide bonds. The first-order chi connectivity index (χ1) is 10.1. The van der Waals surface area contributed by atoms with Crippen molar-refractivity contribution in [2.75, 3.05) is 18.8 Å². The predicted molar refractivity (Wildman–Crippen MR) is 78.1 cm³/mol. The van der Waals surface area contributed by atoms with E-state index in [1.165, 1.54) is 0 Å². The van der Waals surface area contributed by atoms with Gasteiger partial charge in [0.05, 0.1) is 4.75 Å². The third-order valence-corrected chi connectivity index (χ3v) is 5.99. The Bertz CT molecular complexity index is 558. The van der Waals surface area contributed by atoms with Gasteiger partial charge in [-0.25, -0.2) is 9.37 Å². The summed E-state index contributed by atoms with van der Waals surface area (Å²) in [6.07, 6.45) is 3.54. The van der Waals surface area contributed by atoms with Crippen molar-refractivity contribution in [2.45, 2.75) is 35.8 Å². The number of hydrogen-bond donors (Lipinski definition) is 0. The topological polar surface area (TPSA) is 42.4 Å². The maximum atomic E-state index is 13.8. The van der Waals surface area contributed by atoms with Crippen LogP contribution in [0.5, 0.6) is 5.88 Å². The second kappa shape index (κ2) is 4.60. The molecule has 21 heavy (non-hydrogen) atoms. The van der Waals surface area contributed by atoms with Crippen molar-refractivity contribution in [1.82, 2.24) is 9.88 Å². The van der Waals surface area contributed by atoms with Crippen LogP contribution in [0.3, 0.4) is 0 Å². The van der Waals surface area contributed by atoms with Gasteiger partial charge in [0.25, 0.3) is 5.91 Å². The van der Waals surface area contributed by atoms with Gasteiger partial charge in [-0.3, -0.25) is 4.79 Å². The van der Waals surface area contributed by atoms with Crippen LogP contribution in [-0.2, 0) is 4.79 Å². The Morgan fingerprint density at radius 1 is 1.43 bits per heavy atom. The van der Waals surface area contributed by atoms with Crippen LogP contribution in [0.1, 0.15) is 19.3 Å². The summed E-state index contributed by atoms with van der Waals surface area (Å²) in [6, 6.07) is 5.62. The first kappa shape index (κ1) is 13.4. The number of amides is 1. The van der Waals surface area contributed by atoms with E-state index in [2.05, 4.69) is 4.98 Å². The Labute approximate surface area is 127 Å². The Morgan fingerprint density at radius 2 is 2.24 bits per heavy atom. The number of carbonyl (C=O) groups is 1. The van der Waals surface area contributed by atoms with Gasteiger partial charge >= 0.3 is 0 Å². The molecule has 0 radical (unpaired) electrons. The number of nitrogens with zero attached hydrogens (tertiary/aromatic N) is 2. The molecule has 4 rings (SSSR count). The first-order valence-corrected chi connectivity index (χ1v) is 8.27. The van der Waals surface area contributed by atoms with Crippen LogP contribution in [-0.4, -0.2) is 51.2 Å². The number of carbonyl (C=O) groups excluding carboxylic acids is 1. The van der Waals surface area contributed by atoms with Gasteiger partial charge in [0.1, 0.15) is 6.10 Å². The van der Waals surface area contributed by atoms with E-state index in [9.17, 15) is 9.18 Å². The predicted octanol–water partition coefficient (Wildman–Crippen LogP) is 2.05. The summed E-state index contributed by atoms with van der Waals surface area (Å²) >= 11 is 1.84. The molecule has 1 atom stereocenters. The fourth-order valence-corrected chi connectivity index (χ4v) is 4.61. The van der Waals surface area contributed by atoms with Gasteiger partial charge in [0, 0.05) is 37.5 Å². The standard InChI is InChI=1S/C15H17FN2O2S/c16-15(4-5-15)13(19)18-9-14(10-18)7-11(8-21-14)20-12-3-1-2-6-17-12/h1-3,6,11H,4-5,7-10H2/t11-/m0/s1. The maximum Gasteiger partial charge on any atom is 0.260 e. The van der Waals surface area contributed by atoms with E-state index in [0.717, 1.165) is 12.2 Å². The molecule has 3 fully saturated rings. The largest absolute Gasteiger partial charge is 0.473 e. The Kier molecular flexibility index (Phi) is 2.93. The highest BCUT2D eigenvalue weighted by molar-refractivity contribution is 8.01. The third kappa shape index (κ3) is 2.39. The molecule has 112 valence electrons. The molecule has 2 aliphatic heterocycles. The Hall–Kier alpha value is -1.30. The zero-order valence-corrected chi connectivity index (χ0v) is 12.4. The van der Waals surface area contributed by atoms with Crippen molar-refractivity contribution in [3.8, 4) is 5.88 Å². The monoisotopic (exact) mass is 308 g/mol. The molecule has 4 nitrogen and oxygen atoms in total. The maximum absolute atomic E-state index is 13.8. The summed E-state index contributed by atoms with van der Waals surface area (Å²) < 4.78 is 19.7. The van der Waals surface area contributed by atoms with Gasteiger partial charge in [-0.2, -0.15) is 0 Å². The van der Waals surface area contributed by atoms with Crippen LogP contribution in [0.25, 0.3) is 0 Å². The first-order valence-electron chi connectivity index (χ1n) is 7.29. The van der Waals surface area contributed by atoms with Crippen LogP contribution < -0.4 is 4.74 Å². The van der Waals surface area contributed by atoms with E-state index < -0.39 is 5.67 Å². The van der Waals surface area contributed by atoms with Crippen molar-refractivity contribution < 1.29 is 13.9 Å². The van der Waals surface area contributed by atoms with Gasteiger partial charge in [-0.15, -0.1) is 11.8 Å². The van der Waals surface area contributed by atoms with Crippen molar-refractivity contribution in [2.24, 2.45) is 0 Å². The Balaban J connectivity index is 1.32. The lowest BCUT2D eigenvalue weighted by atomic mass is 9.92. The van der Waals surface area contributed by atoms with Gasteiger partial charge in [0.15, 0.2) is 5.67 Å². The molecule has 1 spiro atoms. The van der Waals surface area contributed by atoms with Crippen molar-refractivity contribution in [1.29, 1.82) is 0 Å². The number of ether oxygens (including phenoxy) is 1. The fourth-order valence-electron chi connectivity index (χ4n) is 3.09. The van der Waals surface area contributed by atoms with Crippen LogP contribution in [0, 0.1) is 0 Å². The summed E-state index contributed by atoms with van der Waals surface area (Å²) in [6.45, 7) is 1.31. The molecule has 0 bridgehead atoms. The molecule has 0 N–H and O–H groups in total. The smallest absolute Gasteiger partial charge is 0.260 e. The zero-order valence-electron chi connectivity index (χ0n) is 11.6. The number of halogens is 1. The van der Waals surface area contributed by atoms with E-state index in [1.54, 1.807) is 11.1 Å². The van der Waals surface area contributed by atoms with Crippen LogP contribution in [0.4, 0.5) is 4.39 Å². The number of alkyl halides is 1. The van der Waals surface area contributed by atoms with Crippen LogP contribution in [0.2, 0.25) is 0 Å². The lowest BCUT2D eigenvalue weighted by Crippen LogP contribution is -2.62. The number of aromatic nitrogens is 1. The van der Waals surface area contributed by atoms with Gasteiger partial charge < -0.3 is 9.64 Å². The second-order valence-electron chi connectivity index (χ2n) is 6.23. The minimum atomic E-state index is -1.53. The summed E-state index contributed by atoms with van der Waals surface area (Å²) in [4.78, 5) is 17.8. The van der Waals surface area contributed by atoms with E-state index >= 15 is 0 Å². The lowest BCUT2D eigenvalue weighted by molar-refractivity contribution is -0.143. The third-order valence-electron chi connectivity index (χ3n) is 4.42. The number of likely N-dealkylation sites (tertiary alicyclic amines) is 1. The van der Waals surface area contributed by atoms with Crippen molar-refractivity contribution in [3.63, 3.8) is 0 Å². The summed E-state index contributed by atoms with van der Waals surface area (Å²) in [7, 11) is 0. The van der Waals surface area contributed by atoms with Gasteiger partial charge in [-0.05, 0) is 18.9 Å². The fraction of sp³-hybridized carbons (Fsp3) is 0.600. The molecule has 3 aliphatic rings. The second-order valence-corrected chi connectivity index (χ2v) is 7.72. The lowest BCUT2D eigenvalue weighted by Gasteiger charge is -2.47. The van der Waals surface area contributed by atoms with Crippen LogP contribution >= 0.6 is 11.8 Å². The molecule has 1 aromatic rings. The van der Waals surface area contributed by atoms with Crippen molar-refractivity contribution in [3.05, 3.63) is 24.4 Å². The van der Waals surface area contributed by atoms with E-state index in [4.69, 9.17) is 4.74 Å². The number of thioether (sulfide) groups is 1. The molecule has 0 aromatic carbocycles. The number of rotatable bonds is 3. The zero-order chi connectivity index (χ0) is 14.5. The molecular weight excluding hydrogens is 291 g/mol. The molecule has 0 unspecified atom stereocenters. The Morgan fingerprint density at radius 3 is 2.90 bits per heavy atom. The number of pyridine rings is 1. The van der Waals surface area contributed by atoms with E-state index in [-0.39, 0.29) is 16.8 Å².